The predicted octanol–water partition coefficient (Wildman–Crippen LogP) is 7.62. The molecule has 1 aromatic heterocycles. The van der Waals surface area contributed by atoms with Crippen molar-refractivity contribution >= 4 is 23.4 Å². The number of benzene rings is 3. The molecule has 180 valence electrons. The Kier molecular flexibility index (Phi) is 7.57. The summed E-state index contributed by atoms with van der Waals surface area (Å²) >= 11 is 1.28. The molecule has 1 N–H and O–H groups in total. The lowest BCUT2D eigenvalue weighted by atomic mass is 9.86. The molecule has 5 heteroatoms. The minimum Gasteiger partial charge on any atom is -0.325 e. The fraction of sp³-hybridized carbons (Fsp3) is 0.194. The van der Waals surface area contributed by atoms with Gasteiger partial charge in [-0.1, -0.05) is 99.3 Å². The third-order valence-electron chi connectivity index (χ3n) is 5.87. The Bertz CT molecular complexity index is 1420. The number of thioether (sulfide) groups is 1. The average molecular weight is 492 g/mol. The van der Waals surface area contributed by atoms with E-state index < -0.39 is 0 Å². The van der Waals surface area contributed by atoms with Gasteiger partial charge in [-0.25, -0.2) is 4.98 Å². The van der Waals surface area contributed by atoms with Crippen LogP contribution in [0.2, 0.25) is 0 Å². The van der Waals surface area contributed by atoms with Crippen LogP contribution in [0.1, 0.15) is 37.5 Å². The fourth-order valence-electron chi connectivity index (χ4n) is 3.92. The van der Waals surface area contributed by atoms with Crippen LogP contribution in [0.4, 0.5) is 5.69 Å². The molecule has 0 saturated heterocycles. The van der Waals surface area contributed by atoms with E-state index in [1.165, 1.54) is 17.3 Å². The van der Waals surface area contributed by atoms with Crippen molar-refractivity contribution in [3.8, 4) is 28.5 Å². The minimum atomic E-state index is -0.141. The van der Waals surface area contributed by atoms with Crippen molar-refractivity contribution in [1.29, 1.82) is 5.26 Å². The van der Waals surface area contributed by atoms with Crippen LogP contribution < -0.4 is 5.32 Å². The highest BCUT2D eigenvalue weighted by Crippen LogP contribution is 2.35. The Morgan fingerprint density at radius 3 is 2.31 bits per heavy atom. The second-order valence-corrected chi connectivity index (χ2v) is 10.7. The summed E-state index contributed by atoms with van der Waals surface area (Å²) in [6.45, 7) is 8.52. The zero-order valence-corrected chi connectivity index (χ0v) is 21.8. The number of carbonyl (C=O) groups excluding carboxylic acids is 1. The number of carbonyl (C=O) groups is 1. The van der Waals surface area contributed by atoms with Gasteiger partial charge in [0.05, 0.1) is 17.0 Å². The molecular formula is C31H29N3OS. The third-order valence-corrected chi connectivity index (χ3v) is 6.85. The summed E-state index contributed by atoms with van der Waals surface area (Å²) in [5, 5.41) is 13.6. The summed E-state index contributed by atoms with van der Waals surface area (Å²) in [6.07, 6.45) is 0. The van der Waals surface area contributed by atoms with Gasteiger partial charge in [0.15, 0.2) is 0 Å². The topological polar surface area (TPSA) is 65.8 Å². The monoisotopic (exact) mass is 491 g/mol. The molecule has 4 rings (SSSR count). The molecule has 0 bridgehead atoms. The summed E-state index contributed by atoms with van der Waals surface area (Å²) in [6, 6.07) is 30.3. The number of anilines is 1. The maximum Gasteiger partial charge on any atom is 0.234 e. The number of hydrogen-bond donors (Lipinski definition) is 1. The Balaban J connectivity index is 1.70. The molecule has 0 spiro atoms. The van der Waals surface area contributed by atoms with Crippen molar-refractivity contribution in [2.24, 2.45) is 0 Å². The number of pyridine rings is 1. The summed E-state index contributed by atoms with van der Waals surface area (Å²) in [4.78, 5) is 17.5. The number of nitriles is 1. The molecule has 1 amide bonds. The van der Waals surface area contributed by atoms with E-state index in [1.54, 1.807) is 0 Å². The van der Waals surface area contributed by atoms with E-state index in [0.717, 1.165) is 33.6 Å². The van der Waals surface area contributed by atoms with Crippen LogP contribution >= 0.6 is 11.8 Å². The molecule has 0 unspecified atom stereocenters. The van der Waals surface area contributed by atoms with Crippen LogP contribution in [0.25, 0.3) is 22.4 Å². The van der Waals surface area contributed by atoms with E-state index in [4.69, 9.17) is 4.98 Å². The van der Waals surface area contributed by atoms with E-state index in [-0.39, 0.29) is 17.1 Å². The highest BCUT2D eigenvalue weighted by molar-refractivity contribution is 8.00. The van der Waals surface area contributed by atoms with E-state index in [9.17, 15) is 10.1 Å². The second-order valence-electron chi connectivity index (χ2n) is 9.75. The molecule has 4 aromatic rings. The minimum absolute atomic E-state index is 0.0374. The van der Waals surface area contributed by atoms with Crippen molar-refractivity contribution in [3.63, 3.8) is 0 Å². The Labute approximate surface area is 217 Å². The van der Waals surface area contributed by atoms with Gasteiger partial charge in [0.1, 0.15) is 11.1 Å². The summed E-state index contributed by atoms with van der Waals surface area (Å²) in [5.74, 6) is 0.00786. The van der Waals surface area contributed by atoms with Gasteiger partial charge >= 0.3 is 0 Å². The molecule has 0 aliphatic carbocycles. The Morgan fingerprint density at radius 2 is 1.67 bits per heavy atom. The maximum absolute atomic E-state index is 12.7. The van der Waals surface area contributed by atoms with Crippen molar-refractivity contribution in [3.05, 3.63) is 102 Å². The molecule has 0 saturated carbocycles. The third kappa shape index (κ3) is 6.02. The SMILES string of the molecule is Cc1cccc(NC(=O)CSc2nc(-c3ccccc3)cc(-c3ccc(C(C)(C)C)cc3)c2C#N)c1. The summed E-state index contributed by atoms with van der Waals surface area (Å²) in [7, 11) is 0. The lowest BCUT2D eigenvalue weighted by molar-refractivity contribution is -0.113. The number of nitrogens with one attached hydrogen (secondary N) is 1. The van der Waals surface area contributed by atoms with Crippen LogP contribution in [0.3, 0.4) is 0 Å². The van der Waals surface area contributed by atoms with Gasteiger partial charge in [-0.2, -0.15) is 5.26 Å². The number of hydrogen-bond acceptors (Lipinski definition) is 4. The van der Waals surface area contributed by atoms with Gasteiger partial charge in [-0.15, -0.1) is 0 Å². The van der Waals surface area contributed by atoms with Crippen molar-refractivity contribution in [1.82, 2.24) is 4.98 Å². The predicted molar refractivity (Wildman–Crippen MR) is 149 cm³/mol. The van der Waals surface area contributed by atoms with Crippen molar-refractivity contribution in [2.45, 2.75) is 38.1 Å². The molecule has 0 aliphatic heterocycles. The van der Waals surface area contributed by atoms with Gasteiger partial charge < -0.3 is 5.32 Å². The quantitative estimate of drug-likeness (QED) is 0.282. The smallest absolute Gasteiger partial charge is 0.234 e. The standard InChI is InChI=1S/C31H29N3OS/c1-21-9-8-12-25(17-21)33-29(35)20-36-30-27(19-32)26(18-28(34-30)23-10-6-5-7-11-23)22-13-15-24(16-14-22)31(2,3)4/h5-18H,20H2,1-4H3,(H,33,35). The Hall–Kier alpha value is -3.88. The molecule has 1 heterocycles. The van der Waals surface area contributed by atoms with Gasteiger partial charge in [0.2, 0.25) is 5.91 Å². The van der Waals surface area contributed by atoms with Crippen LogP contribution in [0.15, 0.2) is 90.0 Å². The van der Waals surface area contributed by atoms with E-state index in [2.05, 4.69) is 56.4 Å². The highest BCUT2D eigenvalue weighted by atomic mass is 32.2. The number of rotatable bonds is 6. The molecule has 0 atom stereocenters. The van der Waals surface area contributed by atoms with Gasteiger partial charge in [-0.05, 0) is 47.2 Å². The molecular weight excluding hydrogens is 462 g/mol. The number of nitrogens with zero attached hydrogens (tertiary/aromatic N) is 2. The van der Waals surface area contributed by atoms with Crippen LogP contribution in [-0.4, -0.2) is 16.6 Å². The first-order valence-corrected chi connectivity index (χ1v) is 12.8. The number of aryl methyl sites for hydroxylation is 1. The normalized spacial score (nSPS) is 11.1. The summed E-state index contributed by atoms with van der Waals surface area (Å²) < 4.78 is 0. The van der Waals surface area contributed by atoms with Gasteiger partial charge in [0, 0.05) is 16.8 Å². The first-order valence-electron chi connectivity index (χ1n) is 11.9. The van der Waals surface area contributed by atoms with Crippen molar-refractivity contribution < 1.29 is 4.79 Å². The van der Waals surface area contributed by atoms with E-state index >= 15 is 0 Å². The second kappa shape index (κ2) is 10.8. The zero-order chi connectivity index (χ0) is 25.7. The lowest BCUT2D eigenvalue weighted by Gasteiger charge is -2.19. The summed E-state index contributed by atoms with van der Waals surface area (Å²) in [5.41, 5.74) is 7.06. The molecule has 0 fully saturated rings. The first kappa shape index (κ1) is 25.2. The highest BCUT2D eigenvalue weighted by Gasteiger charge is 2.18. The molecule has 4 nitrogen and oxygen atoms in total. The van der Waals surface area contributed by atoms with Gasteiger partial charge in [-0.3, -0.25) is 4.79 Å². The van der Waals surface area contributed by atoms with Crippen molar-refractivity contribution in [2.75, 3.05) is 11.1 Å². The molecule has 3 aromatic carbocycles. The zero-order valence-electron chi connectivity index (χ0n) is 21.0. The van der Waals surface area contributed by atoms with E-state index in [1.807, 2.05) is 67.6 Å². The number of aromatic nitrogens is 1. The number of amides is 1. The molecule has 0 radical (unpaired) electrons. The lowest BCUT2D eigenvalue weighted by Crippen LogP contribution is -2.14. The largest absolute Gasteiger partial charge is 0.325 e. The van der Waals surface area contributed by atoms with Crippen LogP contribution in [0, 0.1) is 18.3 Å². The molecule has 36 heavy (non-hydrogen) atoms. The maximum atomic E-state index is 12.7. The van der Waals surface area contributed by atoms with Crippen LogP contribution in [0.5, 0.6) is 0 Å². The first-order chi connectivity index (χ1) is 17.2. The van der Waals surface area contributed by atoms with Crippen LogP contribution in [-0.2, 0) is 10.2 Å². The molecule has 0 aliphatic rings. The Morgan fingerprint density at radius 1 is 0.944 bits per heavy atom. The van der Waals surface area contributed by atoms with Gasteiger partial charge in [0.25, 0.3) is 0 Å². The average Bonchev–Trinajstić information content (AvgIpc) is 2.87. The van der Waals surface area contributed by atoms with E-state index in [0.29, 0.717) is 10.6 Å². The fourth-order valence-corrected chi connectivity index (χ4v) is 4.73.